The van der Waals surface area contributed by atoms with Crippen molar-refractivity contribution >= 4 is 23.2 Å². The van der Waals surface area contributed by atoms with Gasteiger partial charge in [0.25, 0.3) is 0 Å². The number of amides is 1. The molecule has 0 aliphatic carbocycles. The van der Waals surface area contributed by atoms with Gasteiger partial charge in [-0.3, -0.25) is 4.79 Å². The molecule has 0 N–H and O–H groups in total. The molecule has 2 aromatic carbocycles. The van der Waals surface area contributed by atoms with E-state index < -0.39 is 18.1 Å². The zero-order chi connectivity index (χ0) is 21.5. The number of halogens is 5. The van der Waals surface area contributed by atoms with E-state index in [1.54, 1.807) is 0 Å². The van der Waals surface area contributed by atoms with Crippen LogP contribution in [0.15, 0.2) is 47.0 Å². The quantitative estimate of drug-likeness (QED) is 0.536. The molecular formula is C19H12ClF4N3O3. The van der Waals surface area contributed by atoms with Crippen LogP contribution in [0.2, 0.25) is 5.02 Å². The summed E-state index contributed by atoms with van der Waals surface area (Å²) < 4.78 is 59.1. The highest BCUT2D eigenvalue weighted by Gasteiger charge is 2.36. The number of aromatic nitrogens is 2. The maximum Gasteiger partial charge on any atom is 0.573 e. The SMILES string of the molecule is O=C1CC(c2nc(-c3ccc(OC(F)(F)F)cc3)no2)CN1c1ccc(F)cc1Cl. The molecular weight excluding hydrogens is 430 g/mol. The number of carbonyl (C=O) groups is 1. The van der Waals surface area contributed by atoms with Gasteiger partial charge in [-0.05, 0) is 42.5 Å². The smallest absolute Gasteiger partial charge is 0.406 e. The van der Waals surface area contributed by atoms with E-state index in [-0.39, 0.29) is 41.4 Å². The first-order chi connectivity index (χ1) is 14.2. The van der Waals surface area contributed by atoms with Gasteiger partial charge in [-0.25, -0.2) is 4.39 Å². The van der Waals surface area contributed by atoms with Crippen molar-refractivity contribution in [3.05, 3.63) is 59.2 Å². The van der Waals surface area contributed by atoms with E-state index in [2.05, 4.69) is 14.9 Å². The maximum atomic E-state index is 13.3. The molecule has 1 aromatic heterocycles. The summed E-state index contributed by atoms with van der Waals surface area (Å²) in [6, 6.07) is 8.74. The molecule has 30 heavy (non-hydrogen) atoms. The molecule has 1 unspecified atom stereocenters. The number of hydrogen-bond donors (Lipinski definition) is 0. The van der Waals surface area contributed by atoms with Crippen LogP contribution in [0.25, 0.3) is 11.4 Å². The lowest BCUT2D eigenvalue weighted by Gasteiger charge is -2.17. The molecule has 0 spiro atoms. The summed E-state index contributed by atoms with van der Waals surface area (Å²) in [5.74, 6) is -1.16. The third-order valence-electron chi connectivity index (χ3n) is 4.46. The van der Waals surface area contributed by atoms with Gasteiger partial charge in [-0.2, -0.15) is 4.98 Å². The van der Waals surface area contributed by atoms with E-state index in [9.17, 15) is 22.4 Å². The van der Waals surface area contributed by atoms with Gasteiger partial charge in [0.05, 0.1) is 16.6 Å². The van der Waals surface area contributed by atoms with Crippen molar-refractivity contribution in [2.24, 2.45) is 0 Å². The number of ether oxygens (including phenoxy) is 1. The summed E-state index contributed by atoms with van der Waals surface area (Å²) in [6.07, 6.45) is -4.69. The Kier molecular flexibility index (Phi) is 5.10. The molecule has 3 aromatic rings. The van der Waals surface area contributed by atoms with Crippen LogP contribution in [0.1, 0.15) is 18.2 Å². The Balaban J connectivity index is 1.50. The molecule has 11 heteroatoms. The van der Waals surface area contributed by atoms with E-state index >= 15 is 0 Å². The minimum Gasteiger partial charge on any atom is -0.406 e. The van der Waals surface area contributed by atoms with Crippen LogP contribution in [-0.4, -0.2) is 29.0 Å². The Labute approximate surface area is 172 Å². The molecule has 156 valence electrons. The van der Waals surface area contributed by atoms with Crippen LogP contribution in [0.4, 0.5) is 23.2 Å². The first kappa shape index (κ1) is 20.1. The molecule has 2 heterocycles. The van der Waals surface area contributed by atoms with Crippen molar-refractivity contribution in [2.45, 2.75) is 18.7 Å². The Morgan fingerprint density at radius 2 is 1.90 bits per heavy atom. The van der Waals surface area contributed by atoms with E-state index in [1.165, 1.54) is 29.2 Å². The van der Waals surface area contributed by atoms with Crippen LogP contribution >= 0.6 is 11.6 Å². The summed E-state index contributed by atoms with van der Waals surface area (Å²) in [7, 11) is 0. The highest BCUT2D eigenvalue weighted by molar-refractivity contribution is 6.33. The van der Waals surface area contributed by atoms with Gasteiger partial charge in [0.15, 0.2) is 0 Å². The Morgan fingerprint density at radius 3 is 2.57 bits per heavy atom. The van der Waals surface area contributed by atoms with Crippen molar-refractivity contribution in [1.29, 1.82) is 0 Å². The number of hydrogen-bond acceptors (Lipinski definition) is 5. The molecule has 4 rings (SSSR count). The van der Waals surface area contributed by atoms with Crippen molar-refractivity contribution in [1.82, 2.24) is 10.1 Å². The summed E-state index contributed by atoms with van der Waals surface area (Å²) in [6.45, 7) is 0.212. The van der Waals surface area contributed by atoms with Crippen molar-refractivity contribution in [2.75, 3.05) is 11.4 Å². The number of alkyl halides is 3. The van der Waals surface area contributed by atoms with E-state index in [4.69, 9.17) is 16.1 Å². The molecule has 0 saturated carbocycles. The average Bonchev–Trinajstić information content (AvgIpc) is 3.28. The Morgan fingerprint density at radius 1 is 1.17 bits per heavy atom. The van der Waals surface area contributed by atoms with Gasteiger partial charge in [0.1, 0.15) is 11.6 Å². The van der Waals surface area contributed by atoms with Gasteiger partial charge in [-0.1, -0.05) is 16.8 Å². The lowest BCUT2D eigenvalue weighted by Crippen LogP contribution is -2.24. The Bertz CT molecular complexity index is 1090. The average molecular weight is 442 g/mol. The number of nitrogens with zero attached hydrogens (tertiary/aromatic N) is 3. The van der Waals surface area contributed by atoms with Gasteiger partial charge in [0, 0.05) is 18.5 Å². The molecule has 1 aliphatic heterocycles. The molecule has 1 atom stereocenters. The molecule has 1 fully saturated rings. The highest BCUT2D eigenvalue weighted by atomic mass is 35.5. The minimum absolute atomic E-state index is 0.0910. The molecule has 1 amide bonds. The van der Waals surface area contributed by atoms with Crippen molar-refractivity contribution < 1.29 is 31.6 Å². The Hall–Kier alpha value is -3.14. The lowest BCUT2D eigenvalue weighted by atomic mass is 10.1. The third-order valence-corrected chi connectivity index (χ3v) is 4.77. The summed E-state index contributed by atoms with van der Waals surface area (Å²) in [5.41, 5.74) is 0.799. The fourth-order valence-corrected chi connectivity index (χ4v) is 3.40. The van der Waals surface area contributed by atoms with Gasteiger partial charge in [0.2, 0.25) is 17.6 Å². The van der Waals surface area contributed by atoms with Gasteiger partial charge < -0.3 is 14.2 Å². The second-order valence-electron chi connectivity index (χ2n) is 6.53. The number of carbonyl (C=O) groups excluding carboxylic acids is 1. The van der Waals surface area contributed by atoms with E-state index in [0.29, 0.717) is 11.3 Å². The molecule has 1 aliphatic rings. The third kappa shape index (κ3) is 4.23. The van der Waals surface area contributed by atoms with Crippen LogP contribution < -0.4 is 9.64 Å². The number of anilines is 1. The first-order valence-corrected chi connectivity index (χ1v) is 9.02. The van der Waals surface area contributed by atoms with Crippen LogP contribution in [0.5, 0.6) is 5.75 Å². The van der Waals surface area contributed by atoms with Gasteiger partial charge in [-0.15, -0.1) is 13.2 Å². The van der Waals surface area contributed by atoms with Crippen molar-refractivity contribution in [3.8, 4) is 17.1 Å². The molecule has 6 nitrogen and oxygen atoms in total. The lowest BCUT2D eigenvalue weighted by molar-refractivity contribution is -0.274. The van der Waals surface area contributed by atoms with Crippen LogP contribution in [-0.2, 0) is 4.79 Å². The zero-order valence-electron chi connectivity index (χ0n) is 15.0. The monoisotopic (exact) mass is 441 g/mol. The normalized spacial score (nSPS) is 16.9. The minimum atomic E-state index is -4.78. The second kappa shape index (κ2) is 7.60. The van der Waals surface area contributed by atoms with Crippen LogP contribution in [0.3, 0.4) is 0 Å². The summed E-state index contributed by atoms with van der Waals surface area (Å²) in [4.78, 5) is 18.1. The second-order valence-corrected chi connectivity index (χ2v) is 6.94. The standard InChI is InChI=1S/C19H12ClF4N3O3/c20-14-8-12(21)3-6-15(14)27-9-11(7-16(27)28)18-25-17(26-30-18)10-1-4-13(5-2-10)29-19(22,23)24/h1-6,8,11H,7,9H2. The summed E-state index contributed by atoms with van der Waals surface area (Å²) >= 11 is 6.04. The van der Waals surface area contributed by atoms with Gasteiger partial charge >= 0.3 is 6.36 Å². The van der Waals surface area contributed by atoms with E-state index in [0.717, 1.165) is 18.2 Å². The largest absolute Gasteiger partial charge is 0.573 e. The highest BCUT2D eigenvalue weighted by Crippen LogP contribution is 2.35. The van der Waals surface area contributed by atoms with Crippen LogP contribution in [0, 0.1) is 5.82 Å². The summed E-state index contributed by atoms with van der Waals surface area (Å²) in [5, 5.41) is 3.94. The fourth-order valence-electron chi connectivity index (χ4n) is 3.13. The molecule has 0 radical (unpaired) electrons. The van der Waals surface area contributed by atoms with E-state index in [1.807, 2.05) is 0 Å². The number of rotatable bonds is 4. The zero-order valence-corrected chi connectivity index (χ0v) is 15.7. The number of benzene rings is 2. The van der Waals surface area contributed by atoms with Crippen molar-refractivity contribution in [3.63, 3.8) is 0 Å². The topological polar surface area (TPSA) is 68.5 Å². The molecule has 1 saturated heterocycles. The molecule has 0 bridgehead atoms. The predicted molar refractivity (Wildman–Crippen MR) is 97.5 cm³/mol. The maximum absolute atomic E-state index is 13.3. The first-order valence-electron chi connectivity index (χ1n) is 8.65. The fraction of sp³-hybridized carbons (Fsp3) is 0.211. The predicted octanol–water partition coefficient (Wildman–Crippen LogP) is 4.95.